The van der Waals surface area contributed by atoms with E-state index >= 15 is 0 Å². The number of benzene rings is 3. The van der Waals surface area contributed by atoms with Crippen molar-refractivity contribution in [3.8, 4) is 17.2 Å². The minimum atomic E-state index is -4.38. The van der Waals surface area contributed by atoms with E-state index in [0.717, 1.165) is 101 Å². The molecule has 1 saturated heterocycles. The van der Waals surface area contributed by atoms with Crippen molar-refractivity contribution in [1.82, 2.24) is 15.1 Å². The molecule has 0 radical (unpaired) electrons. The van der Waals surface area contributed by atoms with Crippen LogP contribution in [0.5, 0.6) is 17.2 Å². The first kappa shape index (κ1) is 42.5. The van der Waals surface area contributed by atoms with Crippen LogP contribution < -0.4 is 14.8 Å². The second kappa shape index (κ2) is 18.7. The fourth-order valence-corrected chi connectivity index (χ4v) is 10.0. The van der Waals surface area contributed by atoms with Crippen molar-refractivity contribution in [2.45, 2.75) is 99.3 Å². The van der Waals surface area contributed by atoms with Crippen LogP contribution in [0.1, 0.15) is 79.7 Å². The Labute approximate surface area is 341 Å². The number of hydrogen-bond donors (Lipinski definition) is 3. The Hall–Kier alpha value is -3.65. The second-order valence-electron chi connectivity index (χ2n) is 16.5. The van der Waals surface area contributed by atoms with Crippen LogP contribution in [-0.4, -0.2) is 110 Å². The monoisotopic (exact) mass is 807 g/mol. The molecule has 1 spiro atoms. The van der Waals surface area contributed by atoms with Gasteiger partial charge in [-0.3, -0.25) is 4.90 Å². The van der Waals surface area contributed by atoms with Gasteiger partial charge >= 0.3 is 6.18 Å². The van der Waals surface area contributed by atoms with Crippen molar-refractivity contribution >= 4 is 0 Å². The van der Waals surface area contributed by atoms with Gasteiger partial charge in [0, 0.05) is 50.3 Å². The Bertz CT molecular complexity index is 1800. The van der Waals surface area contributed by atoms with E-state index in [9.17, 15) is 23.4 Å². The van der Waals surface area contributed by atoms with E-state index in [2.05, 4.69) is 21.7 Å². The number of piperidine rings is 1. The molecule has 0 aromatic heterocycles. The average molecular weight is 808 g/mol. The lowest BCUT2D eigenvalue weighted by molar-refractivity contribution is -0.189. The van der Waals surface area contributed by atoms with E-state index in [1.54, 1.807) is 6.07 Å². The lowest BCUT2D eigenvalue weighted by atomic mass is 9.48. The molecule has 316 valence electrons. The third-order valence-corrected chi connectivity index (χ3v) is 13.0. The summed E-state index contributed by atoms with van der Waals surface area (Å²) in [6.07, 6.45) is 5.00. The number of nitrogens with zero attached hydrogens (tertiary/aromatic N) is 2. The third-order valence-electron chi connectivity index (χ3n) is 13.0. The van der Waals surface area contributed by atoms with Crippen LogP contribution in [0.3, 0.4) is 0 Å². The summed E-state index contributed by atoms with van der Waals surface area (Å²) in [5, 5.41) is 27.2. The molecule has 9 nitrogen and oxygen atoms in total. The van der Waals surface area contributed by atoms with Crippen LogP contribution in [-0.2, 0) is 27.5 Å². The average Bonchev–Trinajstić information content (AvgIpc) is 3.57. The Kier molecular flexibility index (Phi) is 13.7. The van der Waals surface area contributed by atoms with Crippen molar-refractivity contribution < 1.29 is 42.3 Å². The van der Waals surface area contributed by atoms with Gasteiger partial charge < -0.3 is 39.4 Å². The molecule has 58 heavy (non-hydrogen) atoms. The van der Waals surface area contributed by atoms with Crippen LogP contribution in [0.15, 0.2) is 79.4 Å². The first-order valence-electron chi connectivity index (χ1n) is 21.1. The molecular weight excluding hydrogens is 748 g/mol. The van der Waals surface area contributed by atoms with Gasteiger partial charge in [-0.2, -0.15) is 13.2 Å². The molecule has 0 amide bonds. The summed E-state index contributed by atoms with van der Waals surface area (Å²) >= 11 is 0. The summed E-state index contributed by atoms with van der Waals surface area (Å²) < 4.78 is 63.5. The minimum absolute atomic E-state index is 0.00923. The van der Waals surface area contributed by atoms with Gasteiger partial charge in [-0.1, -0.05) is 55.3 Å². The van der Waals surface area contributed by atoms with Gasteiger partial charge in [0.25, 0.3) is 0 Å². The minimum Gasteiger partial charge on any atom is -0.504 e. The highest BCUT2D eigenvalue weighted by Gasteiger charge is 2.72. The largest absolute Gasteiger partial charge is 0.504 e. The summed E-state index contributed by atoms with van der Waals surface area (Å²) in [4.78, 5) is 4.55. The SMILES string of the molecule is C=CCN1CC[C@]23c4c5ccc(O)c4O[C@H]2[C@H](NCCCCCCOCCOCCN(C)CCC(Oc2ccc(C(F)(F)F)cc2)c2ccccc2)CC[C@@]3(O)[C@H]1C5. The van der Waals surface area contributed by atoms with Gasteiger partial charge in [-0.05, 0) is 100 Å². The molecular formula is C46H60F3N3O6. The molecule has 1 unspecified atom stereocenters. The van der Waals surface area contributed by atoms with Crippen molar-refractivity contribution in [3.05, 3.63) is 102 Å². The van der Waals surface area contributed by atoms with Crippen LogP contribution >= 0.6 is 0 Å². The molecule has 3 N–H and O–H groups in total. The first-order chi connectivity index (χ1) is 28.0. The number of hydrogen-bond acceptors (Lipinski definition) is 9. The molecule has 2 bridgehead atoms. The molecule has 4 aliphatic rings. The maximum Gasteiger partial charge on any atom is 0.416 e. The number of aromatic hydroxyl groups is 1. The van der Waals surface area contributed by atoms with Gasteiger partial charge in [0.2, 0.25) is 0 Å². The molecule has 3 aromatic rings. The van der Waals surface area contributed by atoms with Gasteiger partial charge in [0.05, 0.1) is 36.4 Å². The Morgan fingerprint density at radius 1 is 0.966 bits per heavy atom. The highest BCUT2D eigenvalue weighted by Crippen LogP contribution is 2.65. The molecule has 1 saturated carbocycles. The predicted octanol–water partition coefficient (Wildman–Crippen LogP) is 7.45. The van der Waals surface area contributed by atoms with Crippen LogP contribution in [0.4, 0.5) is 13.2 Å². The molecule has 6 atom stereocenters. The topological polar surface area (TPSA) is 95.9 Å². The van der Waals surface area contributed by atoms with Crippen molar-refractivity contribution in [3.63, 3.8) is 0 Å². The van der Waals surface area contributed by atoms with E-state index in [1.807, 2.05) is 49.5 Å². The molecule has 12 heteroatoms. The second-order valence-corrected chi connectivity index (χ2v) is 16.5. The van der Waals surface area contributed by atoms with Gasteiger partial charge in [-0.15, -0.1) is 6.58 Å². The molecule has 2 heterocycles. The van der Waals surface area contributed by atoms with Gasteiger partial charge in [0.1, 0.15) is 18.0 Å². The van der Waals surface area contributed by atoms with Crippen molar-refractivity contribution in [2.75, 3.05) is 66.2 Å². The lowest BCUT2D eigenvalue weighted by Gasteiger charge is -2.64. The summed E-state index contributed by atoms with van der Waals surface area (Å²) in [7, 11) is 2.02. The van der Waals surface area contributed by atoms with Gasteiger partial charge in [-0.25, -0.2) is 0 Å². The number of phenols is 1. The van der Waals surface area contributed by atoms with Crippen LogP contribution in [0.25, 0.3) is 0 Å². The zero-order chi connectivity index (χ0) is 40.8. The number of phenolic OH excluding ortho intramolecular Hbond substituents is 1. The third kappa shape index (κ3) is 8.93. The summed E-state index contributed by atoms with van der Waals surface area (Å²) in [5.74, 6) is 1.16. The zero-order valence-corrected chi connectivity index (χ0v) is 33.7. The molecule has 2 aliphatic carbocycles. The number of likely N-dealkylation sites (tertiary alicyclic amines) is 1. The normalized spacial score (nSPS) is 25.3. The Morgan fingerprint density at radius 2 is 1.72 bits per heavy atom. The summed E-state index contributed by atoms with van der Waals surface area (Å²) in [5.41, 5.74) is 1.09. The first-order valence-corrected chi connectivity index (χ1v) is 21.1. The Morgan fingerprint density at radius 3 is 2.48 bits per heavy atom. The number of alkyl halides is 3. The van der Waals surface area contributed by atoms with E-state index in [1.165, 1.54) is 17.7 Å². The van der Waals surface area contributed by atoms with Crippen molar-refractivity contribution in [2.24, 2.45) is 0 Å². The number of aliphatic hydroxyl groups is 1. The van der Waals surface area contributed by atoms with Crippen molar-refractivity contribution in [1.29, 1.82) is 0 Å². The lowest BCUT2D eigenvalue weighted by Crippen LogP contribution is -2.78. The molecule has 2 fully saturated rings. The summed E-state index contributed by atoms with van der Waals surface area (Å²) in [6, 6.07) is 18.5. The van der Waals surface area contributed by atoms with Crippen LogP contribution in [0, 0.1) is 0 Å². The number of ether oxygens (including phenoxy) is 4. The standard InChI is InChI=1S/C46H60F3N3O6/c1-3-24-52-26-22-44-41-34-13-18-38(53)42(41)58-43(44)37(19-21-45(44,54)40(52)32-34)50-23-9-4-5-10-28-55-30-31-56-29-27-51(2)25-20-39(33-11-7-6-8-12-33)57-36-16-14-35(15-17-36)46(47,48)49/h3,6-8,11-18,37,39-40,43,50,53-54H,1,4-5,9-10,19-32H2,2H3/t37-,39?,40-,43+,44+,45-/m1/s1. The fraction of sp³-hybridized carbons (Fsp3) is 0.565. The number of rotatable bonds is 22. The maximum atomic E-state index is 13.0. The highest BCUT2D eigenvalue weighted by atomic mass is 19.4. The highest BCUT2D eigenvalue weighted by molar-refractivity contribution is 5.62. The predicted molar refractivity (Wildman–Crippen MR) is 218 cm³/mol. The molecule has 3 aromatic carbocycles. The number of halogens is 3. The van der Waals surface area contributed by atoms with Crippen LogP contribution in [0.2, 0.25) is 0 Å². The quantitative estimate of drug-likeness (QED) is 0.0708. The Balaban J connectivity index is 0.753. The van der Waals surface area contributed by atoms with E-state index in [0.29, 0.717) is 50.8 Å². The number of nitrogens with one attached hydrogen (secondary N) is 1. The number of likely N-dealkylation sites (N-methyl/N-ethyl adjacent to an activating group) is 1. The fourth-order valence-electron chi connectivity index (χ4n) is 10.0. The smallest absolute Gasteiger partial charge is 0.416 e. The van der Waals surface area contributed by atoms with E-state index < -0.39 is 22.8 Å². The number of unbranched alkanes of at least 4 members (excludes halogenated alkanes) is 3. The van der Waals surface area contributed by atoms with Gasteiger partial charge in [0.15, 0.2) is 11.5 Å². The summed E-state index contributed by atoms with van der Waals surface area (Å²) in [6.45, 7) is 10.3. The zero-order valence-electron chi connectivity index (χ0n) is 33.7. The molecule has 7 rings (SSSR count). The molecule has 2 aliphatic heterocycles. The van der Waals surface area contributed by atoms with E-state index in [4.69, 9.17) is 18.9 Å². The maximum absolute atomic E-state index is 13.0. The van der Waals surface area contributed by atoms with E-state index in [-0.39, 0.29) is 30.0 Å².